The van der Waals surface area contributed by atoms with Gasteiger partial charge < -0.3 is 5.21 Å². The molecule has 1 N–H and O–H groups in total. The molecule has 6 nitrogen and oxygen atoms in total. The first-order valence-electron chi connectivity index (χ1n) is 6.59. The number of aromatic nitrogens is 3. The van der Waals surface area contributed by atoms with Crippen molar-refractivity contribution in [2.45, 2.75) is 52.5 Å². The molecule has 1 heterocycles. The Hall–Kier alpha value is -1.31. The number of alkyl halides is 1. The van der Waals surface area contributed by atoms with E-state index in [-0.39, 0.29) is 5.04 Å². The molecule has 0 aromatic carbocycles. The fraction of sp³-hybridized carbons (Fsp3) is 0.769. The number of rotatable bonds is 3. The minimum atomic E-state index is -1.88. The van der Waals surface area contributed by atoms with Crippen LogP contribution in [0.3, 0.4) is 0 Å². The van der Waals surface area contributed by atoms with E-state index in [4.69, 9.17) is 5.21 Å². The normalized spacial score (nSPS) is 16.9. The molecule has 1 rings (SSSR count). The van der Waals surface area contributed by atoms with Crippen molar-refractivity contribution in [2.24, 2.45) is 17.6 Å². The molecule has 21 heavy (non-hydrogen) atoms. The Morgan fingerprint density at radius 2 is 1.86 bits per heavy atom. The van der Waals surface area contributed by atoms with Crippen LogP contribution in [0.25, 0.3) is 0 Å². The first kappa shape index (κ1) is 17.7. The maximum absolute atomic E-state index is 14.5. The molecule has 120 valence electrons. The van der Waals surface area contributed by atoms with Crippen LogP contribution >= 0.6 is 0 Å². The summed E-state index contributed by atoms with van der Waals surface area (Å²) in [7, 11) is -0.227. The molecule has 0 aliphatic heterocycles. The predicted octanol–water partition coefficient (Wildman–Crippen LogP) is 2.28. The van der Waals surface area contributed by atoms with Crippen LogP contribution in [0.1, 0.15) is 46.0 Å². The average Bonchev–Trinajstić information content (AvgIpc) is 2.68. The van der Waals surface area contributed by atoms with Crippen molar-refractivity contribution in [3.05, 3.63) is 11.4 Å². The molecule has 0 saturated carbocycles. The minimum absolute atomic E-state index is 0.377. The molecule has 8 heteroatoms. The molecule has 1 aromatic rings. The maximum Gasteiger partial charge on any atom is 0.179 e. The van der Waals surface area contributed by atoms with Gasteiger partial charge in [-0.15, -0.1) is 0 Å². The molecule has 0 bridgehead atoms. The van der Waals surface area contributed by atoms with Crippen LogP contribution in [-0.4, -0.2) is 35.6 Å². The summed E-state index contributed by atoms with van der Waals surface area (Å²) in [6.07, 6.45) is -1.63. The molecular weight excluding hydrogens is 295 g/mol. The van der Waals surface area contributed by atoms with E-state index in [2.05, 4.69) is 15.4 Å². The second-order valence-corrected chi connectivity index (χ2v) is 8.55. The number of aryl methyl sites for hydroxylation is 2. The minimum Gasteiger partial charge on any atom is -0.410 e. The summed E-state index contributed by atoms with van der Waals surface area (Å²) in [6.45, 7) is 10.0. The summed E-state index contributed by atoms with van der Waals surface area (Å²) in [4.78, 5) is 1.37. The first-order valence-corrected chi connectivity index (χ1v) is 7.74. The lowest BCUT2D eigenvalue weighted by Gasteiger charge is -2.28. The number of nitrogens with zero attached hydrogens (tertiary/aromatic N) is 4. The Balaban J connectivity index is 3.25. The van der Waals surface area contributed by atoms with Gasteiger partial charge in [-0.1, -0.05) is 25.9 Å². The SMILES string of the molecule is Cc1nn(C)nc1C(C)(C)S(=O)/C(=N/O)C(F)C(C)(C)C. The molecule has 1 aromatic heterocycles. The molecule has 0 amide bonds. The Bertz CT molecular complexity index is 575. The lowest BCUT2D eigenvalue weighted by Crippen LogP contribution is -2.40. The van der Waals surface area contributed by atoms with Gasteiger partial charge in [0.15, 0.2) is 11.2 Å². The molecular formula is C13H23FN4O2S. The van der Waals surface area contributed by atoms with E-state index < -0.39 is 27.1 Å². The van der Waals surface area contributed by atoms with Gasteiger partial charge in [-0.05, 0) is 26.2 Å². The van der Waals surface area contributed by atoms with Gasteiger partial charge in [0.1, 0.15) is 5.69 Å². The van der Waals surface area contributed by atoms with Crippen molar-refractivity contribution in [3.8, 4) is 0 Å². The standard InChI is InChI=1S/C13H23FN4O2S/c1-8-10(16-18(7)15-8)13(5,6)21(20)11(17-19)9(14)12(2,3)4/h9,19H,1-7H3/b17-11+. The molecule has 2 unspecified atom stereocenters. The van der Waals surface area contributed by atoms with Crippen molar-refractivity contribution >= 4 is 15.8 Å². The number of hydrogen-bond acceptors (Lipinski definition) is 5. The molecule has 0 saturated heterocycles. The zero-order valence-electron chi connectivity index (χ0n) is 13.5. The lowest BCUT2D eigenvalue weighted by molar-refractivity contribution is 0.221. The molecule has 0 fully saturated rings. The second-order valence-electron chi connectivity index (χ2n) is 6.57. The van der Waals surface area contributed by atoms with Crippen LogP contribution in [0.2, 0.25) is 0 Å². The highest BCUT2D eigenvalue weighted by Gasteiger charge is 2.42. The van der Waals surface area contributed by atoms with E-state index >= 15 is 0 Å². The summed E-state index contributed by atoms with van der Waals surface area (Å²) in [5, 5.41) is 20.0. The highest BCUT2D eigenvalue weighted by atomic mass is 32.2. The van der Waals surface area contributed by atoms with Crippen LogP contribution in [-0.2, 0) is 22.6 Å². The third-order valence-electron chi connectivity index (χ3n) is 3.18. The molecule has 0 radical (unpaired) electrons. The van der Waals surface area contributed by atoms with Crippen LogP contribution in [0, 0.1) is 12.3 Å². The van der Waals surface area contributed by atoms with Crippen molar-refractivity contribution in [1.82, 2.24) is 15.0 Å². The lowest BCUT2D eigenvalue weighted by atomic mass is 9.91. The van der Waals surface area contributed by atoms with Crippen LogP contribution in [0.5, 0.6) is 0 Å². The fourth-order valence-corrected chi connectivity index (χ4v) is 3.46. The van der Waals surface area contributed by atoms with E-state index in [9.17, 15) is 8.60 Å². The van der Waals surface area contributed by atoms with Gasteiger partial charge in [0, 0.05) is 7.05 Å². The third kappa shape index (κ3) is 3.48. The van der Waals surface area contributed by atoms with Gasteiger partial charge in [-0.3, -0.25) is 4.21 Å². The van der Waals surface area contributed by atoms with Gasteiger partial charge >= 0.3 is 0 Å². The summed E-state index contributed by atoms with van der Waals surface area (Å²) >= 11 is 0. The summed E-state index contributed by atoms with van der Waals surface area (Å²) in [6, 6.07) is 0. The maximum atomic E-state index is 14.5. The predicted molar refractivity (Wildman–Crippen MR) is 80.5 cm³/mol. The number of oxime groups is 1. The van der Waals surface area contributed by atoms with Gasteiger partial charge in [-0.2, -0.15) is 15.0 Å². The zero-order valence-corrected chi connectivity index (χ0v) is 14.3. The summed E-state index contributed by atoms with van der Waals surface area (Å²) < 4.78 is 26.2. The van der Waals surface area contributed by atoms with Crippen LogP contribution in [0.15, 0.2) is 5.16 Å². The Labute approximate surface area is 126 Å². The quantitative estimate of drug-likeness (QED) is 0.401. The molecule has 0 aliphatic carbocycles. The summed E-state index contributed by atoms with van der Waals surface area (Å²) in [5.74, 6) is 0. The van der Waals surface area contributed by atoms with Gasteiger partial charge in [0.05, 0.1) is 21.2 Å². The Morgan fingerprint density at radius 1 is 1.33 bits per heavy atom. The largest absolute Gasteiger partial charge is 0.410 e. The van der Waals surface area contributed by atoms with Crippen molar-refractivity contribution in [3.63, 3.8) is 0 Å². The molecule has 0 spiro atoms. The Morgan fingerprint density at radius 3 is 2.19 bits per heavy atom. The smallest absolute Gasteiger partial charge is 0.179 e. The average molecular weight is 318 g/mol. The highest BCUT2D eigenvalue weighted by Crippen LogP contribution is 2.33. The second kappa shape index (κ2) is 5.82. The topological polar surface area (TPSA) is 80.4 Å². The van der Waals surface area contributed by atoms with Gasteiger partial charge in [0.25, 0.3) is 0 Å². The Kier molecular flexibility index (Phi) is 4.92. The molecule has 0 aliphatic rings. The van der Waals surface area contributed by atoms with Crippen molar-refractivity contribution in [1.29, 1.82) is 0 Å². The highest BCUT2D eigenvalue weighted by molar-refractivity contribution is 8.01. The van der Waals surface area contributed by atoms with Gasteiger partial charge in [0.2, 0.25) is 0 Å². The third-order valence-corrected chi connectivity index (χ3v) is 4.97. The van der Waals surface area contributed by atoms with E-state index in [0.717, 1.165) is 0 Å². The number of halogens is 1. The van der Waals surface area contributed by atoms with Crippen molar-refractivity contribution in [2.75, 3.05) is 0 Å². The summed E-state index contributed by atoms with van der Waals surface area (Å²) in [5.41, 5.74) is 0.287. The fourth-order valence-electron chi connectivity index (χ4n) is 1.96. The van der Waals surface area contributed by atoms with Crippen LogP contribution < -0.4 is 0 Å². The van der Waals surface area contributed by atoms with E-state index in [1.807, 2.05) is 0 Å². The van der Waals surface area contributed by atoms with Gasteiger partial charge in [-0.25, -0.2) is 4.39 Å². The number of hydrogen-bond donors (Lipinski definition) is 1. The monoisotopic (exact) mass is 318 g/mol. The van der Waals surface area contributed by atoms with Crippen LogP contribution in [0.4, 0.5) is 4.39 Å². The van der Waals surface area contributed by atoms with E-state index in [0.29, 0.717) is 11.4 Å². The first-order chi connectivity index (χ1) is 9.42. The van der Waals surface area contributed by atoms with E-state index in [1.54, 1.807) is 48.6 Å². The van der Waals surface area contributed by atoms with E-state index in [1.165, 1.54) is 4.80 Å². The van der Waals surface area contributed by atoms with Crippen molar-refractivity contribution < 1.29 is 13.8 Å². The zero-order chi connectivity index (χ0) is 16.6. The molecule has 2 atom stereocenters.